The van der Waals surface area contributed by atoms with Crippen LogP contribution < -0.4 is 15.4 Å². The SMILES string of the molecule is O=C(O)COc1cccc(CNCCCNCCO)c1. The van der Waals surface area contributed by atoms with Gasteiger partial charge in [0.1, 0.15) is 5.75 Å². The first kappa shape index (κ1) is 16.4. The predicted molar refractivity (Wildman–Crippen MR) is 75.9 cm³/mol. The quantitative estimate of drug-likeness (QED) is 0.434. The average Bonchev–Trinajstić information content (AvgIpc) is 2.45. The van der Waals surface area contributed by atoms with Crippen LogP contribution in [0.4, 0.5) is 0 Å². The van der Waals surface area contributed by atoms with Crippen LogP contribution >= 0.6 is 0 Å². The Kier molecular flexibility index (Phi) is 8.37. The van der Waals surface area contributed by atoms with Crippen molar-refractivity contribution in [3.05, 3.63) is 29.8 Å². The van der Waals surface area contributed by atoms with Crippen molar-refractivity contribution in [2.75, 3.05) is 32.8 Å². The van der Waals surface area contributed by atoms with E-state index in [2.05, 4.69) is 10.6 Å². The zero-order chi connectivity index (χ0) is 14.6. The molecule has 0 aliphatic rings. The van der Waals surface area contributed by atoms with Gasteiger partial charge in [0.25, 0.3) is 0 Å². The molecule has 0 amide bonds. The summed E-state index contributed by atoms with van der Waals surface area (Å²) in [6.45, 7) is 2.92. The topological polar surface area (TPSA) is 90.8 Å². The summed E-state index contributed by atoms with van der Waals surface area (Å²) in [5, 5.41) is 23.5. The van der Waals surface area contributed by atoms with Crippen LogP contribution in [0, 0.1) is 0 Å². The van der Waals surface area contributed by atoms with Crippen LogP contribution in [0.1, 0.15) is 12.0 Å². The van der Waals surface area contributed by atoms with Gasteiger partial charge in [0.05, 0.1) is 6.61 Å². The van der Waals surface area contributed by atoms with Gasteiger partial charge in [-0.05, 0) is 37.2 Å². The summed E-state index contributed by atoms with van der Waals surface area (Å²) in [5.41, 5.74) is 1.05. The Labute approximate surface area is 118 Å². The minimum Gasteiger partial charge on any atom is -0.482 e. The van der Waals surface area contributed by atoms with Crippen LogP contribution in [0.15, 0.2) is 24.3 Å². The van der Waals surface area contributed by atoms with Gasteiger partial charge in [-0.25, -0.2) is 4.79 Å². The summed E-state index contributed by atoms with van der Waals surface area (Å²) in [7, 11) is 0. The van der Waals surface area contributed by atoms with Crippen molar-refractivity contribution in [3.8, 4) is 5.75 Å². The number of aliphatic hydroxyl groups excluding tert-OH is 1. The standard InChI is InChI=1S/C14H22N2O4/c17-8-7-15-5-2-6-16-10-12-3-1-4-13(9-12)20-11-14(18)19/h1,3-4,9,15-17H,2,5-8,10-11H2,(H,18,19). The smallest absolute Gasteiger partial charge is 0.341 e. The Hall–Kier alpha value is -1.63. The number of carbonyl (C=O) groups is 1. The number of nitrogens with one attached hydrogen (secondary N) is 2. The zero-order valence-corrected chi connectivity index (χ0v) is 11.5. The van der Waals surface area contributed by atoms with Crippen LogP contribution in [0.2, 0.25) is 0 Å². The molecule has 0 bridgehead atoms. The van der Waals surface area contributed by atoms with Gasteiger partial charge >= 0.3 is 5.97 Å². The third-order valence-corrected chi connectivity index (χ3v) is 2.59. The Morgan fingerprint density at radius 1 is 1.20 bits per heavy atom. The number of rotatable bonds is 11. The molecule has 0 aliphatic heterocycles. The fourth-order valence-electron chi connectivity index (χ4n) is 1.67. The molecule has 0 unspecified atom stereocenters. The van der Waals surface area contributed by atoms with Crippen LogP contribution in [-0.4, -0.2) is 49.0 Å². The molecule has 4 N–H and O–H groups in total. The van der Waals surface area contributed by atoms with E-state index >= 15 is 0 Å². The molecular formula is C14H22N2O4. The van der Waals surface area contributed by atoms with Gasteiger partial charge in [-0.1, -0.05) is 12.1 Å². The molecule has 6 nitrogen and oxygen atoms in total. The molecule has 0 heterocycles. The van der Waals surface area contributed by atoms with E-state index < -0.39 is 5.97 Å². The predicted octanol–water partition coefficient (Wildman–Crippen LogP) is 0.212. The molecule has 0 saturated heterocycles. The number of ether oxygens (including phenoxy) is 1. The number of carboxylic acid groups (broad SMARTS) is 1. The second-order valence-electron chi connectivity index (χ2n) is 4.33. The van der Waals surface area contributed by atoms with Gasteiger partial charge in [0.15, 0.2) is 6.61 Å². The van der Waals surface area contributed by atoms with E-state index in [0.717, 1.165) is 25.1 Å². The Bertz CT molecular complexity index is 399. The first-order valence-corrected chi connectivity index (χ1v) is 6.68. The second-order valence-corrected chi connectivity index (χ2v) is 4.33. The second kappa shape index (κ2) is 10.2. The lowest BCUT2D eigenvalue weighted by atomic mass is 10.2. The summed E-state index contributed by atoms with van der Waals surface area (Å²) in [5.74, 6) is -0.416. The van der Waals surface area contributed by atoms with Crippen molar-refractivity contribution in [1.29, 1.82) is 0 Å². The molecule has 0 aromatic heterocycles. The fourth-order valence-corrected chi connectivity index (χ4v) is 1.67. The third-order valence-electron chi connectivity index (χ3n) is 2.59. The lowest BCUT2D eigenvalue weighted by Crippen LogP contribution is -2.23. The molecule has 0 radical (unpaired) electrons. The Morgan fingerprint density at radius 3 is 2.75 bits per heavy atom. The molecule has 112 valence electrons. The number of carboxylic acids is 1. The van der Waals surface area contributed by atoms with Crippen molar-refractivity contribution in [2.45, 2.75) is 13.0 Å². The summed E-state index contributed by atoms with van der Waals surface area (Å²) in [6.07, 6.45) is 0.981. The van der Waals surface area contributed by atoms with E-state index in [1.807, 2.05) is 18.2 Å². The maximum atomic E-state index is 10.4. The largest absolute Gasteiger partial charge is 0.482 e. The number of aliphatic hydroxyl groups is 1. The molecule has 1 aromatic rings. The highest BCUT2D eigenvalue weighted by molar-refractivity contribution is 5.68. The highest BCUT2D eigenvalue weighted by Crippen LogP contribution is 2.12. The molecule has 6 heteroatoms. The van der Waals surface area contributed by atoms with Crippen molar-refractivity contribution in [3.63, 3.8) is 0 Å². The van der Waals surface area contributed by atoms with Gasteiger partial charge in [-0.15, -0.1) is 0 Å². The minimum atomic E-state index is -0.982. The molecular weight excluding hydrogens is 260 g/mol. The van der Waals surface area contributed by atoms with Gasteiger partial charge in [-0.2, -0.15) is 0 Å². The average molecular weight is 282 g/mol. The molecule has 0 spiro atoms. The number of benzene rings is 1. The molecule has 1 aromatic carbocycles. The first-order valence-electron chi connectivity index (χ1n) is 6.68. The summed E-state index contributed by atoms with van der Waals surface area (Å²) in [6, 6.07) is 7.38. The number of hydrogen-bond donors (Lipinski definition) is 4. The molecule has 0 atom stereocenters. The van der Waals surface area contributed by atoms with Gasteiger partial charge in [0, 0.05) is 13.1 Å². The highest BCUT2D eigenvalue weighted by Gasteiger charge is 2.00. The number of aliphatic carboxylic acids is 1. The van der Waals surface area contributed by atoms with E-state index in [0.29, 0.717) is 18.8 Å². The van der Waals surface area contributed by atoms with E-state index in [1.54, 1.807) is 6.07 Å². The van der Waals surface area contributed by atoms with E-state index in [4.69, 9.17) is 14.9 Å². The normalized spacial score (nSPS) is 10.4. The van der Waals surface area contributed by atoms with E-state index in [9.17, 15) is 4.79 Å². The molecule has 20 heavy (non-hydrogen) atoms. The third kappa shape index (κ3) is 7.73. The lowest BCUT2D eigenvalue weighted by molar-refractivity contribution is -0.139. The van der Waals surface area contributed by atoms with Crippen LogP contribution in [-0.2, 0) is 11.3 Å². The Balaban J connectivity index is 2.19. The van der Waals surface area contributed by atoms with Crippen molar-refractivity contribution in [2.24, 2.45) is 0 Å². The van der Waals surface area contributed by atoms with Crippen LogP contribution in [0.3, 0.4) is 0 Å². The molecule has 0 saturated carbocycles. The summed E-state index contributed by atoms with van der Waals surface area (Å²) in [4.78, 5) is 10.4. The monoisotopic (exact) mass is 282 g/mol. The zero-order valence-electron chi connectivity index (χ0n) is 11.5. The maximum absolute atomic E-state index is 10.4. The summed E-state index contributed by atoms with van der Waals surface area (Å²) >= 11 is 0. The van der Waals surface area contributed by atoms with Crippen molar-refractivity contribution < 1.29 is 19.7 Å². The van der Waals surface area contributed by atoms with Gasteiger partial charge in [0.2, 0.25) is 0 Å². The van der Waals surface area contributed by atoms with Crippen molar-refractivity contribution in [1.82, 2.24) is 10.6 Å². The maximum Gasteiger partial charge on any atom is 0.341 e. The van der Waals surface area contributed by atoms with E-state index in [-0.39, 0.29) is 13.2 Å². The molecule has 0 aliphatic carbocycles. The highest BCUT2D eigenvalue weighted by atomic mass is 16.5. The molecule has 1 rings (SSSR count). The van der Waals surface area contributed by atoms with Crippen LogP contribution in [0.25, 0.3) is 0 Å². The fraction of sp³-hybridized carbons (Fsp3) is 0.500. The Morgan fingerprint density at radius 2 is 2.00 bits per heavy atom. The van der Waals surface area contributed by atoms with Gasteiger partial charge in [-0.3, -0.25) is 0 Å². The summed E-state index contributed by atoms with van der Waals surface area (Å²) < 4.78 is 5.12. The van der Waals surface area contributed by atoms with E-state index in [1.165, 1.54) is 0 Å². The van der Waals surface area contributed by atoms with Gasteiger partial charge < -0.3 is 25.6 Å². The number of hydrogen-bond acceptors (Lipinski definition) is 5. The molecule has 0 fully saturated rings. The lowest BCUT2D eigenvalue weighted by Gasteiger charge is -2.08. The minimum absolute atomic E-state index is 0.163. The van der Waals surface area contributed by atoms with Crippen molar-refractivity contribution >= 4 is 5.97 Å². The first-order chi connectivity index (χ1) is 9.72. The van der Waals surface area contributed by atoms with Crippen LogP contribution in [0.5, 0.6) is 5.75 Å².